The molecule has 0 radical (unpaired) electrons. The number of nitrogens with one attached hydrogen (secondary N) is 2. The largest absolute Gasteiger partial charge is 0.351 e. The number of rotatable bonds is 23. The molecule has 0 saturated heterocycles. The number of carbonyl (C=O) groups excluding carboxylic acids is 1. The zero-order chi connectivity index (χ0) is 24.7. The van der Waals surface area contributed by atoms with Gasteiger partial charge in [0.2, 0.25) is 5.91 Å². The van der Waals surface area contributed by atoms with Crippen molar-refractivity contribution in [3.8, 4) is 0 Å². The van der Waals surface area contributed by atoms with Crippen LogP contribution < -0.4 is 10.6 Å². The summed E-state index contributed by atoms with van der Waals surface area (Å²) >= 11 is 0. The lowest BCUT2D eigenvalue weighted by atomic mass is 10.0. The second-order valence-corrected chi connectivity index (χ2v) is 10.4. The molecule has 0 spiro atoms. The van der Waals surface area contributed by atoms with Crippen LogP contribution in [0.25, 0.3) is 0 Å². The molecule has 1 aliphatic heterocycles. The van der Waals surface area contributed by atoms with Crippen LogP contribution in [0.5, 0.6) is 0 Å². The van der Waals surface area contributed by atoms with E-state index in [2.05, 4.69) is 49.0 Å². The molecule has 0 bridgehead atoms. The van der Waals surface area contributed by atoms with Gasteiger partial charge in [-0.05, 0) is 32.6 Å². The van der Waals surface area contributed by atoms with Crippen molar-refractivity contribution in [3.63, 3.8) is 0 Å². The van der Waals surface area contributed by atoms with E-state index in [-0.39, 0.29) is 5.91 Å². The minimum Gasteiger partial charge on any atom is -0.351 e. The summed E-state index contributed by atoms with van der Waals surface area (Å²) in [6.45, 7) is 8.90. The van der Waals surface area contributed by atoms with Crippen LogP contribution in [0.3, 0.4) is 0 Å². The zero-order valence-electron chi connectivity index (χ0n) is 23.1. The Hall–Kier alpha value is -1.29. The number of hydrogen-bond acceptors (Lipinski definition) is 2. The van der Waals surface area contributed by atoms with Gasteiger partial charge in [-0.3, -0.25) is 9.28 Å². The Kier molecular flexibility index (Phi) is 19.0. The zero-order valence-corrected chi connectivity index (χ0v) is 23.1. The molecule has 2 unspecified atom stereocenters. The van der Waals surface area contributed by atoms with Gasteiger partial charge in [0, 0.05) is 13.3 Å². The number of allylic oxidation sites excluding steroid dienone is 2. The highest BCUT2D eigenvalue weighted by Gasteiger charge is 2.36. The molecule has 1 rings (SSSR count). The third-order valence-corrected chi connectivity index (χ3v) is 7.49. The predicted octanol–water partition coefficient (Wildman–Crippen LogP) is 7.96. The SMILES string of the molecule is CCC/C=C/CCCCCCCCCCCCCCCCC1NC=C[N+]1(CC)CCNC(C)=O. The number of unbranched alkanes of at least 4 members (excludes halogenated alkanes) is 15. The minimum absolute atomic E-state index is 0.0683. The van der Waals surface area contributed by atoms with Crippen molar-refractivity contribution < 1.29 is 9.28 Å². The van der Waals surface area contributed by atoms with Crippen LogP contribution in [0.1, 0.15) is 136 Å². The molecule has 1 amide bonds. The summed E-state index contributed by atoms with van der Waals surface area (Å²) in [7, 11) is 0. The third-order valence-electron chi connectivity index (χ3n) is 7.49. The molecule has 1 aliphatic rings. The number of quaternary nitrogens is 1. The predicted molar refractivity (Wildman–Crippen MR) is 148 cm³/mol. The minimum atomic E-state index is 0.0683. The summed E-state index contributed by atoms with van der Waals surface area (Å²) < 4.78 is 0.955. The molecule has 2 atom stereocenters. The van der Waals surface area contributed by atoms with Gasteiger partial charge in [0.15, 0.2) is 6.17 Å². The van der Waals surface area contributed by atoms with E-state index in [4.69, 9.17) is 0 Å². The normalized spacial score (nSPS) is 19.7. The highest BCUT2D eigenvalue weighted by Crippen LogP contribution is 2.23. The quantitative estimate of drug-likeness (QED) is 0.0892. The standard InChI is InChI=1S/C30H57N3O/c1-4-6-7-8-9-10-11-12-13-14-15-16-17-18-19-20-21-22-23-24-30-32-26-28-33(30,5-2)27-25-31-29(3)34/h7-8,26,28,30,32H,4-6,9-25,27H2,1-3H3/p+1/b8-7+. The Morgan fingerprint density at radius 2 is 1.35 bits per heavy atom. The topological polar surface area (TPSA) is 41.1 Å². The molecule has 0 saturated carbocycles. The van der Waals surface area contributed by atoms with Gasteiger partial charge in [-0.15, -0.1) is 0 Å². The van der Waals surface area contributed by atoms with Crippen molar-refractivity contribution >= 4 is 5.91 Å². The molecule has 2 N–H and O–H groups in total. The number of carbonyl (C=O) groups is 1. The monoisotopic (exact) mass is 476 g/mol. The van der Waals surface area contributed by atoms with Crippen molar-refractivity contribution in [1.82, 2.24) is 10.6 Å². The van der Waals surface area contributed by atoms with Crippen LogP contribution in [0, 0.1) is 0 Å². The van der Waals surface area contributed by atoms with Gasteiger partial charge in [0.1, 0.15) is 12.7 Å². The van der Waals surface area contributed by atoms with Crippen LogP contribution in [0.4, 0.5) is 0 Å². The van der Waals surface area contributed by atoms with Gasteiger partial charge >= 0.3 is 0 Å². The van der Waals surface area contributed by atoms with Gasteiger partial charge in [-0.25, -0.2) is 0 Å². The Morgan fingerprint density at radius 3 is 1.88 bits per heavy atom. The van der Waals surface area contributed by atoms with E-state index in [1.807, 2.05) is 0 Å². The van der Waals surface area contributed by atoms with Gasteiger partial charge in [0.25, 0.3) is 0 Å². The van der Waals surface area contributed by atoms with E-state index in [9.17, 15) is 4.79 Å². The van der Waals surface area contributed by atoms with E-state index in [0.29, 0.717) is 6.17 Å². The first-order chi connectivity index (χ1) is 16.6. The van der Waals surface area contributed by atoms with Crippen LogP contribution >= 0.6 is 0 Å². The summed E-state index contributed by atoms with van der Waals surface area (Å²) in [4.78, 5) is 11.2. The number of amides is 1. The van der Waals surface area contributed by atoms with Gasteiger partial charge in [-0.1, -0.05) is 103 Å². The Labute approximate surface area is 212 Å². The van der Waals surface area contributed by atoms with Gasteiger partial charge in [0.05, 0.1) is 19.3 Å². The van der Waals surface area contributed by atoms with Crippen LogP contribution in [-0.2, 0) is 4.79 Å². The van der Waals surface area contributed by atoms with Crippen molar-refractivity contribution in [2.75, 3.05) is 19.6 Å². The fourth-order valence-electron chi connectivity index (χ4n) is 5.17. The average Bonchev–Trinajstić information content (AvgIpc) is 3.23. The first-order valence-electron chi connectivity index (χ1n) is 14.8. The lowest BCUT2D eigenvalue weighted by Crippen LogP contribution is -2.55. The Morgan fingerprint density at radius 1 is 0.824 bits per heavy atom. The molecule has 0 aromatic rings. The van der Waals surface area contributed by atoms with Crippen molar-refractivity contribution in [2.24, 2.45) is 0 Å². The molecule has 0 aliphatic carbocycles. The summed E-state index contributed by atoms with van der Waals surface area (Å²) in [6.07, 6.45) is 34.3. The molecule has 1 heterocycles. The Bertz CT molecular complexity index is 545. The van der Waals surface area contributed by atoms with E-state index >= 15 is 0 Å². The maximum atomic E-state index is 11.2. The maximum Gasteiger partial charge on any atom is 0.217 e. The lowest BCUT2D eigenvalue weighted by Gasteiger charge is -2.37. The smallest absolute Gasteiger partial charge is 0.217 e. The van der Waals surface area contributed by atoms with Gasteiger partial charge < -0.3 is 10.6 Å². The lowest BCUT2D eigenvalue weighted by molar-refractivity contribution is -0.898. The van der Waals surface area contributed by atoms with E-state index in [1.54, 1.807) is 6.92 Å². The summed E-state index contributed by atoms with van der Waals surface area (Å²) in [5, 5.41) is 6.53. The summed E-state index contributed by atoms with van der Waals surface area (Å²) in [5.74, 6) is 0.0683. The molecule has 34 heavy (non-hydrogen) atoms. The van der Waals surface area contributed by atoms with Crippen molar-refractivity contribution in [1.29, 1.82) is 0 Å². The Balaban J connectivity index is 1.89. The number of nitrogens with zero attached hydrogens (tertiary/aromatic N) is 1. The maximum absolute atomic E-state index is 11.2. The molecular formula is C30H58N3O+. The second-order valence-electron chi connectivity index (χ2n) is 10.4. The fraction of sp³-hybridized carbons (Fsp3) is 0.833. The first-order valence-corrected chi connectivity index (χ1v) is 14.8. The highest BCUT2D eigenvalue weighted by atomic mass is 16.1. The fourth-order valence-corrected chi connectivity index (χ4v) is 5.17. The molecule has 0 fully saturated rings. The van der Waals surface area contributed by atoms with Crippen LogP contribution in [0.2, 0.25) is 0 Å². The molecule has 0 aromatic carbocycles. The van der Waals surface area contributed by atoms with Gasteiger partial charge in [-0.2, -0.15) is 0 Å². The molecule has 4 heteroatoms. The molecule has 0 aromatic heterocycles. The molecule has 198 valence electrons. The van der Waals surface area contributed by atoms with Crippen LogP contribution in [0.15, 0.2) is 24.6 Å². The van der Waals surface area contributed by atoms with Crippen molar-refractivity contribution in [2.45, 2.75) is 143 Å². The van der Waals surface area contributed by atoms with Crippen molar-refractivity contribution in [3.05, 3.63) is 24.6 Å². The number of hydrogen-bond donors (Lipinski definition) is 2. The number of likely N-dealkylation sites (N-methyl/N-ethyl adjacent to an activating group) is 1. The first kappa shape index (κ1) is 30.7. The molecule has 4 nitrogen and oxygen atoms in total. The molecular weight excluding hydrogens is 418 g/mol. The highest BCUT2D eigenvalue weighted by molar-refractivity contribution is 5.72. The summed E-state index contributed by atoms with van der Waals surface area (Å²) in [6, 6.07) is 0. The third kappa shape index (κ3) is 14.9. The summed E-state index contributed by atoms with van der Waals surface area (Å²) in [5.41, 5.74) is 0. The van der Waals surface area contributed by atoms with E-state index < -0.39 is 0 Å². The van der Waals surface area contributed by atoms with E-state index in [0.717, 1.165) is 24.1 Å². The average molecular weight is 477 g/mol. The van der Waals surface area contributed by atoms with E-state index in [1.165, 1.54) is 116 Å². The second kappa shape index (κ2) is 21.0. The van der Waals surface area contributed by atoms with Crippen LogP contribution in [-0.4, -0.2) is 36.2 Å².